The molecule has 10 heteroatoms. The lowest BCUT2D eigenvalue weighted by atomic mass is 10.0. The van der Waals surface area contributed by atoms with E-state index < -0.39 is 5.97 Å². The van der Waals surface area contributed by atoms with Crippen LogP contribution in [-0.2, 0) is 6.54 Å². The van der Waals surface area contributed by atoms with Gasteiger partial charge in [-0.2, -0.15) is 9.97 Å². The van der Waals surface area contributed by atoms with E-state index in [1.165, 1.54) is 16.7 Å². The molecule has 0 saturated carbocycles. The van der Waals surface area contributed by atoms with Gasteiger partial charge in [-0.25, -0.2) is 9.78 Å². The number of piperazine rings is 1. The van der Waals surface area contributed by atoms with Gasteiger partial charge in [0.1, 0.15) is 16.5 Å². The third-order valence-corrected chi connectivity index (χ3v) is 6.51. The van der Waals surface area contributed by atoms with Gasteiger partial charge in [-0.05, 0) is 37.5 Å². The first-order valence-corrected chi connectivity index (χ1v) is 11.3. The topological polar surface area (TPSA) is 115 Å². The van der Waals surface area contributed by atoms with Crippen molar-refractivity contribution in [3.63, 3.8) is 0 Å². The Labute approximate surface area is 190 Å². The van der Waals surface area contributed by atoms with Crippen LogP contribution in [0, 0.1) is 20.8 Å². The van der Waals surface area contributed by atoms with Crippen molar-refractivity contribution in [2.24, 2.45) is 0 Å². The highest BCUT2D eigenvalue weighted by Gasteiger charge is 2.18. The molecule has 2 aromatic heterocycles. The van der Waals surface area contributed by atoms with Gasteiger partial charge in [0.25, 0.3) is 0 Å². The lowest BCUT2D eigenvalue weighted by molar-refractivity contribution is 0.0701. The van der Waals surface area contributed by atoms with Gasteiger partial charge in [-0.1, -0.05) is 29.5 Å². The van der Waals surface area contributed by atoms with Crippen molar-refractivity contribution in [1.29, 1.82) is 0 Å². The SMILES string of the molecule is Cc1cccc(C)c1CNc1cc(N2CCNCC2)nc(Nc2nc(C)c(C(=O)O)s2)n1. The Morgan fingerprint density at radius 3 is 2.53 bits per heavy atom. The molecule has 1 saturated heterocycles. The summed E-state index contributed by atoms with van der Waals surface area (Å²) in [6.45, 7) is 10.0. The molecule has 3 aromatic rings. The summed E-state index contributed by atoms with van der Waals surface area (Å²) >= 11 is 1.08. The standard InChI is InChI=1S/C22H27N7O2S/c1-13-5-4-6-14(2)16(13)12-24-17-11-18(29-9-7-23-8-10-29)27-21(26-17)28-22-25-15(3)19(32-22)20(30)31/h4-6,11,23H,7-10,12H2,1-3H3,(H,30,31)(H2,24,25,26,27,28). The second kappa shape index (κ2) is 9.49. The van der Waals surface area contributed by atoms with Gasteiger partial charge in [0.05, 0.1) is 5.69 Å². The second-order valence-corrected chi connectivity index (χ2v) is 8.76. The second-order valence-electron chi connectivity index (χ2n) is 7.76. The third-order valence-electron chi connectivity index (χ3n) is 5.45. The minimum absolute atomic E-state index is 0.208. The van der Waals surface area contributed by atoms with Crippen molar-refractivity contribution in [3.8, 4) is 0 Å². The van der Waals surface area contributed by atoms with Gasteiger partial charge in [0.2, 0.25) is 5.95 Å². The summed E-state index contributed by atoms with van der Waals surface area (Å²) in [7, 11) is 0. The van der Waals surface area contributed by atoms with Gasteiger partial charge < -0.3 is 20.6 Å². The molecule has 0 unspecified atom stereocenters. The van der Waals surface area contributed by atoms with E-state index in [0.29, 0.717) is 29.1 Å². The van der Waals surface area contributed by atoms with Gasteiger partial charge in [-0.3, -0.25) is 5.32 Å². The van der Waals surface area contributed by atoms with E-state index in [9.17, 15) is 9.90 Å². The number of aromatic nitrogens is 3. The van der Waals surface area contributed by atoms with Crippen LogP contribution in [-0.4, -0.2) is 52.2 Å². The average Bonchev–Trinajstić information content (AvgIpc) is 3.14. The van der Waals surface area contributed by atoms with Crippen LogP contribution in [0.15, 0.2) is 24.3 Å². The molecule has 4 rings (SSSR count). The molecular formula is C22H27N7O2S. The Morgan fingerprint density at radius 2 is 1.88 bits per heavy atom. The number of nitrogens with zero attached hydrogens (tertiary/aromatic N) is 4. The fraction of sp³-hybridized carbons (Fsp3) is 0.364. The summed E-state index contributed by atoms with van der Waals surface area (Å²) in [5.41, 5.74) is 4.17. The first kappa shape index (κ1) is 22.0. The van der Waals surface area contributed by atoms with Crippen molar-refractivity contribution in [1.82, 2.24) is 20.3 Å². The van der Waals surface area contributed by atoms with Crippen molar-refractivity contribution in [3.05, 3.63) is 51.5 Å². The molecule has 168 valence electrons. The van der Waals surface area contributed by atoms with Crippen LogP contribution < -0.4 is 20.9 Å². The predicted molar refractivity (Wildman–Crippen MR) is 127 cm³/mol. The summed E-state index contributed by atoms with van der Waals surface area (Å²) in [5.74, 6) is 0.917. The molecule has 1 aromatic carbocycles. The fourth-order valence-electron chi connectivity index (χ4n) is 3.69. The van der Waals surface area contributed by atoms with E-state index in [2.05, 4.69) is 67.8 Å². The zero-order chi connectivity index (χ0) is 22.7. The normalized spacial score (nSPS) is 13.8. The molecule has 0 spiro atoms. The minimum atomic E-state index is -0.987. The summed E-state index contributed by atoms with van der Waals surface area (Å²) in [4.78, 5) is 27.4. The summed E-state index contributed by atoms with van der Waals surface area (Å²) in [6, 6.07) is 8.23. The first-order chi connectivity index (χ1) is 15.4. The maximum Gasteiger partial charge on any atom is 0.347 e. The summed E-state index contributed by atoms with van der Waals surface area (Å²) in [6.07, 6.45) is 0. The maximum absolute atomic E-state index is 11.4. The number of anilines is 4. The van der Waals surface area contributed by atoms with Gasteiger partial charge >= 0.3 is 5.97 Å². The third kappa shape index (κ3) is 4.97. The smallest absolute Gasteiger partial charge is 0.347 e. The average molecular weight is 454 g/mol. The lowest BCUT2D eigenvalue weighted by Crippen LogP contribution is -2.44. The Balaban J connectivity index is 1.61. The van der Waals surface area contributed by atoms with Gasteiger partial charge in [-0.15, -0.1) is 0 Å². The number of hydrogen-bond donors (Lipinski definition) is 4. The highest BCUT2D eigenvalue weighted by molar-refractivity contribution is 7.17. The van der Waals surface area contributed by atoms with E-state index in [1.807, 2.05) is 6.07 Å². The zero-order valence-corrected chi connectivity index (χ0v) is 19.2. The molecule has 4 N–H and O–H groups in total. The number of nitrogens with one attached hydrogen (secondary N) is 3. The minimum Gasteiger partial charge on any atom is -0.477 e. The van der Waals surface area contributed by atoms with Crippen molar-refractivity contribution in [2.75, 3.05) is 41.7 Å². The molecule has 0 aliphatic carbocycles. The molecular weight excluding hydrogens is 426 g/mol. The predicted octanol–water partition coefficient (Wildman–Crippen LogP) is 3.32. The van der Waals surface area contributed by atoms with Crippen LogP contribution in [0.25, 0.3) is 0 Å². The molecule has 32 heavy (non-hydrogen) atoms. The molecule has 0 bridgehead atoms. The number of carbonyl (C=O) groups is 1. The quantitative estimate of drug-likeness (QED) is 0.427. The lowest BCUT2D eigenvalue weighted by Gasteiger charge is -2.28. The molecule has 0 atom stereocenters. The van der Waals surface area contributed by atoms with Crippen molar-refractivity contribution >= 4 is 40.0 Å². The number of thiazole rings is 1. The van der Waals surface area contributed by atoms with Crippen LogP contribution in [0.3, 0.4) is 0 Å². The number of carboxylic acid groups (broad SMARTS) is 1. The van der Waals surface area contributed by atoms with E-state index >= 15 is 0 Å². The Kier molecular flexibility index (Phi) is 6.52. The number of hydrogen-bond acceptors (Lipinski definition) is 9. The van der Waals surface area contributed by atoms with Crippen LogP contribution in [0.5, 0.6) is 0 Å². The highest BCUT2D eigenvalue weighted by Crippen LogP contribution is 2.27. The summed E-state index contributed by atoms with van der Waals surface area (Å²) < 4.78 is 0. The molecule has 0 amide bonds. The van der Waals surface area contributed by atoms with Gasteiger partial charge in [0.15, 0.2) is 5.13 Å². The van der Waals surface area contributed by atoms with E-state index in [0.717, 1.165) is 43.3 Å². The van der Waals surface area contributed by atoms with Crippen LogP contribution in [0.1, 0.15) is 32.1 Å². The monoisotopic (exact) mass is 453 g/mol. The summed E-state index contributed by atoms with van der Waals surface area (Å²) in [5, 5.41) is 19.7. The molecule has 9 nitrogen and oxygen atoms in total. The number of benzene rings is 1. The van der Waals surface area contributed by atoms with Crippen LogP contribution >= 0.6 is 11.3 Å². The molecule has 1 aliphatic rings. The van der Waals surface area contributed by atoms with Crippen molar-refractivity contribution < 1.29 is 9.90 Å². The number of aromatic carboxylic acids is 1. The number of carboxylic acids is 1. The number of aryl methyl sites for hydroxylation is 3. The molecule has 0 radical (unpaired) electrons. The Morgan fingerprint density at radius 1 is 1.16 bits per heavy atom. The molecule has 1 aliphatic heterocycles. The Hall–Kier alpha value is -3.24. The van der Waals surface area contributed by atoms with Crippen LogP contribution in [0.4, 0.5) is 22.7 Å². The number of rotatable bonds is 7. The zero-order valence-electron chi connectivity index (χ0n) is 18.4. The maximum atomic E-state index is 11.4. The Bertz CT molecular complexity index is 1110. The van der Waals surface area contributed by atoms with E-state index in [1.54, 1.807) is 6.92 Å². The first-order valence-electron chi connectivity index (χ1n) is 10.5. The highest BCUT2D eigenvalue weighted by atomic mass is 32.1. The van der Waals surface area contributed by atoms with Crippen molar-refractivity contribution in [2.45, 2.75) is 27.3 Å². The fourth-order valence-corrected chi connectivity index (χ4v) is 4.49. The van der Waals surface area contributed by atoms with Crippen LogP contribution in [0.2, 0.25) is 0 Å². The van der Waals surface area contributed by atoms with Gasteiger partial charge in [0, 0.05) is 38.8 Å². The van der Waals surface area contributed by atoms with E-state index in [4.69, 9.17) is 0 Å². The molecule has 1 fully saturated rings. The molecule has 3 heterocycles. The largest absolute Gasteiger partial charge is 0.477 e. The van der Waals surface area contributed by atoms with E-state index in [-0.39, 0.29) is 4.88 Å².